The van der Waals surface area contributed by atoms with E-state index in [0.29, 0.717) is 17.6 Å². The number of rotatable bonds is 5. The molecule has 0 bridgehead atoms. The lowest BCUT2D eigenvalue weighted by Gasteiger charge is -2.13. The summed E-state index contributed by atoms with van der Waals surface area (Å²) >= 11 is 6.04. The second-order valence-electron chi connectivity index (χ2n) is 4.14. The van der Waals surface area contributed by atoms with Crippen molar-refractivity contribution in [3.8, 4) is 5.88 Å². The summed E-state index contributed by atoms with van der Waals surface area (Å²) in [4.78, 5) is 8.13. The molecule has 1 aromatic rings. The quantitative estimate of drug-likeness (QED) is 0.760. The number of aromatic nitrogens is 2. The summed E-state index contributed by atoms with van der Waals surface area (Å²) in [5.41, 5.74) is 0.898. The Morgan fingerprint density at radius 1 is 1.53 bits per heavy atom. The van der Waals surface area contributed by atoms with Gasteiger partial charge in [-0.05, 0) is 19.3 Å². The molecule has 4 nitrogen and oxygen atoms in total. The number of hydrogen-bond acceptors (Lipinski definition) is 4. The highest BCUT2D eigenvalue weighted by molar-refractivity contribution is 6.30. The van der Waals surface area contributed by atoms with Crippen LogP contribution in [0.4, 0.5) is 0 Å². The van der Waals surface area contributed by atoms with Gasteiger partial charge in [0.2, 0.25) is 5.88 Å². The minimum atomic E-state index is 0.193. The molecule has 5 heteroatoms. The third-order valence-corrected chi connectivity index (χ3v) is 3.11. The molecule has 0 spiro atoms. The van der Waals surface area contributed by atoms with E-state index in [9.17, 15) is 0 Å². The van der Waals surface area contributed by atoms with Crippen LogP contribution in [0.1, 0.15) is 31.7 Å². The van der Waals surface area contributed by atoms with Crippen molar-refractivity contribution in [2.75, 3.05) is 13.2 Å². The Morgan fingerprint density at radius 3 is 3.12 bits per heavy atom. The van der Waals surface area contributed by atoms with Gasteiger partial charge in [0.15, 0.2) is 0 Å². The van der Waals surface area contributed by atoms with Crippen molar-refractivity contribution in [1.82, 2.24) is 9.97 Å². The van der Waals surface area contributed by atoms with Crippen molar-refractivity contribution in [2.24, 2.45) is 0 Å². The minimum absolute atomic E-state index is 0.193. The summed E-state index contributed by atoms with van der Waals surface area (Å²) in [6.45, 7) is 3.47. The molecule has 1 aliphatic heterocycles. The molecule has 2 heterocycles. The van der Waals surface area contributed by atoms with Gasteiger partial charge in [-0.1, -0.05) is 24.9 Å². The Hall–Kier alpha value is -0.870. The fourth-order valence-electron chi connectivity index (χ4n) is 1.91. The first-order valence-corrected chi connectivity index (χ1v) is 6.42. The van der Waals surface area contributed by atoms with Crippen LogP contribution in [0.5, 0.6) is 5.88 Å². The fourth-order valence-corrected chi connectivity index (χ4v) is 2.13. The summed E-state index contributed by atoms with van der Waals surface area (Å²) in [5, 5.41) is 0.490. The Labute approximate surface area is 106 Å². The van der Waals surface area contributed by atoms with Gasteiger partial charge in [-0.15, -0.1) is 0 Å². The molecular formula is C12H17ClN2O2. The molecule has 1 aromatic heterocycles. The average molecular weight is 257 g/mol. The second-order valence-corrected chi connectivity index (χ2v) is 4.50. The van der Waals surface area contributed by atoms with Crippen LogP contribution in [0.2, 0.25) is 5.15 Å². The first kappa shape index (κ1) is 12.6. The topological polar surface area (TPSA) is 44.2 Å². The van der Waals surface area contributed by atoms with Crippen LogP contribution in [0.3, 0.4) is 0 Å². The lowest BCUT2D eigenvalue weighted by Crippen LogP contribution is -2.17. The maximum atomic E-state index is 6.04. The van der Waals surface area contributed by atoms with Crippen molar-refractivity contribution >= 4 is 11.6 Å². The van der Waals surface area contributed by atoms with Gasteiger partial charge >= 0.3 is 0 Å². The van der Waals surface area contributed by atoms with Gasteiger partial charge in [-0.3, -0.25) is 0 Å². The van der Waals surface area contributed by atoms with E-state index in [4.69, 9.17) is 21.1 Å². The average Bonchev–Trinajstić information content (AvgIpc) is 2.83. The van der Waals surface area contributed by atoms with Crippen LogP contribution < -0.4 is 4.74 Å². The molecule has 0 radical (unpaired) electrons. The third kappa shape index (κ3) is 3.30. The zero-order valence-electron chi connectivity index (χ0n) is 9.99. The Kier molecular flexibility index (Phi) is 4.57. The van der Waals surface area contributed by atoms with Crippen LogP contribution in [-0.4, -0.2) is 29.3 Å². The zero-order chi connectivity index (χ0) is 12.1. The zero-order valence-corrected chi connectivity index (χ0v) is 10.7. The van der Waals surface area contributed by atoms with Gasteiger partial charge in [-0.2, -0.15) is 0 Å². The molecule has 0 N–H and O–H groups in total. The summed E-state index contributed by atoms with van der Waals surface area (Å²) < 4.78 is 11.2. The molecule has 1 unspecified atom stereocenters. The van der Waals surface area contributed by atoms with Gasteiger partial charge < -0.3 is 9.47 Å². The maximum Gasteiger partial charge on any atom is 0.221 e. The monoisotopic (exact) mass is 256 g/mol. The highest BCUT2D eigenvalue weighted by Gasteiger charge is 2.18. The van der Waals surface area contributed by atoms with E-state index in [1.54, 1.807) is 0 Å². The molecule has 0 saturated carbocycles. The van der Waals surface area contributed by atoms with Crippen LogP contribution in [0.15, 0.2) is 6.33 Å². The van der Waals surface area contributed by atoms with E-state index in [1.165, 1.54) is 6.33 Å². The summed E-state index contributed by atoms with van der Waals surface area (Å²) in [7, 11) is 0. The fraction of sp³-hybridized carbons (Fsp3) is 0.667. The molecule has 1 saturated heterocycles. The van der Waals surface area contributed by atoms with E-state index >= 15 is 0 Å². The van der Waals surface area contributed by atoms with Crippen molar-refractivity contribution in [2.45, 2.75) is 38.7 Å². The van der Waals surface area contributed by atoms with Gasteiger partial charge in [0.05, 0.1) is 11.7 Å². The van der Waals surface area contributed by atoms with Crippen molar-refractivity contribution in [1.29, 1.82) is 0 Å². The molecule has 1 aliphatic rings. The van der Waals surface area contributed by atoms with Crippen LogP contribution in [0.25, 0.3) is 0 Å². The van der Waals surface area contributed by atoms with E-state index < -0.39 is 0 Å². The van der Waals surface area contributed by atoms with E-state index in [0.717, 1.165) is 37.9 Å². The predicted molar refractivity (Wildman–Crippen MR) is 65.5 cm³/mol. The minimum Gasteiger partial charge on any atom is -0.475 e. The molecular weight excluding hydrogens is 240 g/mol. The maximum absolute atomic E-state index is 6.04. The summed E-state index contributed by atoms with van der Waals surface area (Å²) in [6.07, 6.45) is 5.62. The Bertz CT molecular complexity index is 368. The first-order valence-electron chi connectivity index (χ1n) is 6.05. The second kappa shape index (κ2) is 6.17. The summed E-state index contributed by atoms with van der Waals surface area (Å²) in [5.74, 6) is 0.599. The Morgan fingerprint density at radius 2 is 2.41 bits per heavy atom. The number of nitrogens with zero attached hydrogens (tertiary/aromatic N) is 2. The van der Waals surface area contributed by atoms with Crippen molar-refractivity contribution < 1.29 is 9.47 Å². The molecule has 0 aliphatic carbocycles. The van der Waals surface area contributed by atoms with Crippen LogP contribution in [-0.2, 0) is 11.2 Å². The molecule has 1 atom stereocenters. The van der Waals surface area contributed by atoms with E-state index in [2.05, 4.69) is 16.9 Å². The summed E-state index contributed by atoms with van der Waals surface area (Å²) in [6, 6.07) is 0. The smallest absolute Gasteiger partial charge is 0.221 e. The van der Waals surface area contributed by atoms with Gasteiger partial charge in [-0.25, -0.2) is 9.97 Å². The van der Waals surface area contributed by atoms with Gasteiger partial charge in [0, 0.05) is 6.61 Å². The number of halogens is 1. The molecule has 94 valence electrons. The van der Waals surface area contributed by atoms with Crippen molar-refractivity contribution in [3.63, 3.8) is 0 Å². The molecule has 0 aromatic carbocycles. The lowest BCUT2D eigenvalue weighted by molar-refractivity contribution is 0.0659. The van der Waals surface area contributed by atoms with E-state index in [1.807, 2.05) is 0 Å². The SMILES string of the molecule is CCCc1c(Cl)ncnc1OCC1CCCO1. The predicted octanol–water partition coefficient (Wildman–Crippen LogP) is 2.64. The number of hydrogen-bond donors (Lipinski definition) is 0. The molecule has 1 fully saturated rings. The highest BCUT2D eigenvalue weighted by Crippen LogP contribution is 2.24. The van der Waals surface area contributed by atoms with Gasteiger partial charge in [0.1, 0.15) is 18.1 Å². The number of ether oxygens (including phenoxy) is 2. The molecule has 2 rings (SSSR count). The van der Waals surface area contributed by atoms with E-state index in [-0.39, 0.29) is 6.10 Å². The van der Waals surface area contributed by atoms with Gasteiger partial charge in [0.25, 0.3) is 0 Å². The van der Waals surface area contributed by atoms with Crippen molar-refractivity contribution in [3.05, 3.63) is 17.0 Å². The third-order valence-electron chi connectivity index (χ3n) is 2.78. The highest BCUT2D eigenvalue weighted by atomic mass is 35.5. The lowest BCUT2D eigenvalue weighted by atomic mass is 10.2. The normalized spacial score (nSPS) is 19.5. The molecule has 17 heavy (non-hydrogen) atoms. The molecule has 0 amide bonds. The Balaban J connectivity index is 2.00. The van der Waals surface area contributed by atoms with Crippen LogP contribution in [0, 0.1) is 0 Å². The van der Waals surface area contributed by atoms with Crippen LogP contribution >= 0.6 is 11.6 Å². The largest absolute Gasteiger partial charge is 0.475 e. The first-order chi connectivity index (χ1) is 8.31. The standard InChI is InChI=1S/C12H17ClN2O2/c1-2-4-10-11(13)14-8-15-12(10)17-7-9-5-3-6-16-9/h8-9H,2-7H2,1H3.